The Labute approximate surface area is 218 Å². The van der Waals surface area contributed by atoms with Crippen molar-refractivity contribution < 1.29 is 23.9 Å². The standard InChI is InChI=1S/C27H39N5O5/c1-18(2)24-27(36)32-13-6-8-19(32)17-37-22-10-5-4-9-20(22)25(34)28-21(16-23(33)29-24)26(35)31-12-7-11-30(3)14-15-31/h4-5,9-10,18-19,21,24H,6-8,11-17H2,1-3H3,(H,28,34)(H,29,33)/t19-,21+,24+/m1/s1. The Morgan fingerprint density at radius 2 is 1.78 bits per heavy atom. The second kappa shape index (κ2) is 11.9. The molecule has 37 heavy (non-hydrogen) atoms. The molecule has 0 radical (unpaired) electrons. The third-order valence-corrected chi connectivity index (χ3v) is 7.50. The van der Waals surface area contributed by atoms with E-state index in [9.17, 15) is 19.2 Å². The number of amides is 4. The second-order valence-corrected chi connectivity index (χ2v) is 10.6. The first-order valence-corrected chi connectivity index (χ1v) is 13.3. The molecule has 2 fully saturated rings. The first kappa shape index (κ1) is 26.9. The lowest BCUT2D eigenvalue weighted by molar-refractivity contribution is -0.139. The molecule has 3 aliphatic heterocycles. The summed E-state index contributed by atoms with van der Waals surface area (Å²) >= 11 is 0. The fourth-order valence-electron chi connectivity index (χ4n) is 5.30. The summed E-state index contributed by atoms with van der Waals surface area (Å²) in [4.78, 5) is 59.4. The summed E-state index contributed by atoms with van der Waals surface area (Å²) < 4.78 is 6.08. The van der Waals surface area contributed by atoms with Crippen LogP contribution in [0, 0.1) is 5.92 Å². The predicted molar refractivity (Wildman–Crippen MR) is 138 cm³/mol. The highest BCUT2D eigenvalue weighted by Gasteiger charge is 2.37. The van der Waals surface area contributed by atoms with E-state index in [1.807, 2.05) is 20.9 Å². The van der Waals surface area contributed by atoms with Crippen molar-refractivity contribution in [1.29, 1.82) is 0 Å². The summed E-state index contributed by atoms with van der Waals surface area (Å²) in [6.45, 7) is 7.30. The number of carbonyl (C=O) groups is 4. The summed E-state index contributed by atoms with van der Waals surface area (Å²) in [5.74, 6) is -1.08. The zero-order valence-electron chi connectivity index (χ0n) is 22.1. The van der Waals surface area contributed by atoms with Crippen molar-refractivity contribution in [2.45, 2.75) is 57.7 Å². The Morgan fingerprint density at radius 3 is 2.57 bits per heavy atom. The number of carbonyl (C=O) groups excluding carboxylic acids is 4. The minimum absolute atomic E-state index is 0.137. The Balaban J connectivity index is 1.65. The molecule has 0 aliphatic carbocycles. The zero-order chi connectivity index (χ0) is 26.5. The lowest BCUT2D eigenvalue weighted by Gasteiger charge is -2.32. The van der Waals surface area contributed by atoms with Gasteiger partial charge in [-0.05, 0) is 50.9 Å². The van der Waals surface area contributed by atoms with Gasteiger partial charge in [0.1, 0.15) is 24.4 Å². The molecule has 1 aromatic rings. The lowest BCUT2D eigenvalue weighted by Crippen LogP contribution is -2.56. The fraction of sp³-hybridized carbons (Fsp3) is 0.630. The quantitative estimate of drug-likeness (QED) is 0.607. The highest BCUT2D eigenvalue weighted by atomic mass is 16.5. The Kier molecular flexibility index (Phi) is 8.68. The molecule has 4 rings (SSSR count). The molecule has 10 nitrogen and oxygen atoms in total. The minimum Gasteiger partial charge on any atom is -0.491 e. The number of nitrogens with zero attached hydrogens (tertiary/aromatic N) is 3. The summed E-state index contributed by atoms with van der Waals surface area (Å²) in [7, 11) is 2.01. The molecule has 0 aromatic heterocycles. The highest BCUT2D eigenvalue weighted by Crippen LogP contribution is 2.24. The number of benzene rings is 1. The number of ether oxygens (including phenoxy) is 1. The number of hydrogen-bond acceptors (Lipinski definition) is 6. The Bertz CT molecular complexity index is 1010. The molecule has 3 heterocycles. The van der Waals surface area contributed by atoms with Crippen LogP contribution in [0.2, 0.25) is 0 Å². The van der Waals surface area contributed by atoms with Crippen molar-refractivity contribution in [3.63, 3.8) is 0 Å². The van der Waals surface area contributed by atoms with Crippen LogP contribution in [0.15, 0.2) is 24.3 Å². The van der Waals surface area contributed by atoms with Gasteiger partial charge in [0, 0.05) is 26.2 Å². The lowest BCUT2D eigenvalue weighted by atomic mass is 10.0. The van der Waals surface area contributed by atoms with E-state index in [1.54, 1.807) is 34.1 Å². The number of likely N-dealkylation sites (N-methyl/N-ethyl adjacent to an activating group) is 1. The number of hydrogen-bond donors (Lipinski definition) is 2. The van der Waals surface area contributed by atoms with Crippen molar-refractivity contribution in [3.05, 3.63) is 29.8 Å². The molecule has 3 atom stereocenters. The van der Waals surface area contributed by atoms with E-state index >= 15 is 0 Å². The third kappa shape index (κ3) is 6.41. The van der Waals surface area contributed by atoms with Gasteiger partial charge in [-0.25, -0.2) is 0 Å². The van der Waals surface area contributed by atoms with Crippen LogP contribution < -0.4 is 15.4 Å². The summed E-state index contributed by atoms with van der Waals surface area (Å²) in [5.41, 5.74) is 0.296. The molecule has 0 bridgehead atoms. The van der Waals surface area contributed by atoms with Crippen molar-refractivity contribution in [3.8, 4) is 5.75 Å². The molecule has 2 N–H and O–H groups in total. The maximum absolute atomic E-state index is 13.6. The summed E-state index contributed by atoms with van der Waals surface area (Å²) in [6, 6.07) is 4.96. The van der Waals surface area contributed by atoms with Crippen molar-refractivity contribution in [2.24, 2.45) is 5.92 Å². The molecule has 2 saturated heterocycles. The van der Waals surface area contributed by atoms with E-state index in [0.29, 0.717) is 30.9 Å². The van der Waals surface area contributed by atoms with Crippen LogP contribution in [-0.4, -0.2) is 103 Å². The first-order chi connectivity index (χ1) is 17.7. The predicted octanol–water partition coefficient (Wildman–Crippen LogP) is 0.863. The van der Waals surface area contributed by atoms with Crippen molar-refractivity contribution in [1.82, 2.24) is 25.3 Å². The number of rotatable bonds is 2. The van der Waals surface area contributed by atoms with E-state index in [-0.39, 0.29) is 36.8 Å². The van der Waals surface area contributed by atoms with Gasteiger partial charge >= 0.3 is 0 Å². The van der Waals surface area contributed by atoms with Crippen molar-refractivity contribution in [2.75, 3.05) is 46.4 Å². The molecular formula is C27H39N5O5. The van der Waals surface area contributed by atoms with Crippen LogP contribution in [0.3, 0.4) is 0 Å². The van der Waals surface area contributed by atoms with Crippen LogP contribution in [-0.2, 0) is 14.4 Å². The second-order valence-electron chi connectivity index (χ2n) is 10.6. The van der Waals surface area contributed by atoms with Crippen LogP contribution in [0.4, 0.5) is 0 Å². The Morgan fingerprint density at radius 1 is 1.00 bits per heavy atom. The summed E-state index contributed by atoms with van der Waals surface area (Å²) in [6.07, 6.45) is 2.20. The summed E-state index contributed by atoms with van der Waals surface area (Å²) in [5, 5.41) is 5.68. The molecule has 202 valence electrons. The minimum atomic E-state index is -1.06. The molecule has 3 aliphatic rings. The first-order valence-electron chi connectivity index (χ1n) is 13.3. The van der Waals surface area contributed by atoms with Gasteiger partial charge in [0.2, 0.25) is 17.7 Å². The van der Waals surface area contributed by atoms with E-state index in [0.717, 1.165) is 32.4 Å². The fourth-order valence-corrected chi connectivity index (χ4v) is 5.30. The topological polar surface area (TPSA) is 111 Å². The molecule has 0 spiro atoms. The molecule has 1 aromatic carbocycles. The maximum atomic E-state index is 13.6. The van der Waals surface area contributed by atoms with Gasteiger partial charge in [-0.3, -0.25) is 19.2 Å². The average molecular weight is 514 g/mol. The molecular weight excluding hydrogens is 474 g/mol. The van der Waals surface area contributed by atoms with Gasteiger partial charge in [-0.1, -0.05) is 26.0 Å². The molecule has 10 heteroatoms. The number of para-hydroxylation sites is 1. The molecule has 4 amide bonds. The van der Waals surface area contributed by atoms with Gasteiger partial charge in [-0.15, -0.1) is 0 Å². The average Bonchev–Trinajstić information content (AvgIpc) is 3.24. The Hall–Kier alpha value is -3.14. The zero-order valence-corrected chi connectivity index (χ0v) is 22.1. The van der Waals surface area contributed by atoms with Crippen LogP contribution in [0.5, 0.6) is 5.75 Å². The van der Waals surface area contributed by atoms with Crippen LogP contribution in [0.1, 0.15) is 49.9 Å². The molecule has 0 saturated carbocycles. The molecule has 0 unspecified atom stereocenters. The monoisotopic (exact) mass is 513 g/mol. The highest BCUT2D eigenvalue weighted by molar-refractivity contribution is 6.01. The van der Waals surface area contributed by atoms with Gasteiger partial charge in [0.25, 0.3) is 5.91 Å². The van der Waals surface area contributed by atoms with Crippen LogP contribution in [0.25, 0.3) is 0 Å². The SMILES string of the molecule is CC(C)[C@@H]1NC(=O)C[C@@H](C(=O)N2CCCN(C)CC2)NC(=O)c2ccccc2OC[C@H]2CCCN2C1=O. The van der Waals surface area contributed by atoms with Gasteiger partial charge in [0.05, 0.1) is 18.0 Å². The largest absolute Gasteiger partial charge is 0.491 e. The maximum Gasteiger partial charge on any atom is 0.255 e. The van der Waals surface area contributed by atoms with Crippen molar-refractivity contribution >= 4 is 23.6 Å². The third-order valence-electron chi connectivity index (χ3n) is 7.50. The van der Waals surface area contributed by atoms with E-state index < -0.39 is 23.9 Å². The van der Waals surface area contributed by atoms with Gasteiger partial charge in [0.15, 0.2) is 0 Å². The normalized spacial score (nSPS) is 26.4. The van der Waals surface area contributed by atoms with E-state index in [1.165, 1.54) is 0 Å². The van der Waals surface area contributed by atoms with E-state index in [2.05, 4.69) is 15.5 Å². The van der Waals surface area contributed by atoms with Crippen LogP contribution >= 0.6 is 0 Å². The van der Waals surface area contributed by atoms with E-state index in [4.69, 9.17) is 4.74 Å². The van der Waals surface area contributed by atoms with Gasteiger partial charge < -0.3 is 30.1 Å². The number of nitrogens with one attached hydrogen (secondary N) is 2. The smallest absolute Gasteiger partial charge is 0.255 e. The number of fused-ring (bicyclic) bond motifs is 2. The van der Waals surface area contributed by atoms with Gasteiger partial charge in [-0.2, -0.15) is 0 Å².